The van der Waals surface area contributed by atoms with Crippen molar-refractivity contribution in [2.24, 2.45) is 0 Å². The van der Waals surface area contributed by atoms with Gasteiger partial charge >= 0.3 is 0 Å². The molecule has 21 heavy (non-hydrogen) atoms. The molecule has 0 saturated carbocycles. The molecule has 0 spiro atoms. The van der Waals surface area contributed by atoms with Gasteiger partial charge in [0.25, 0.3) is 0 Å². The van der Waals surface area contributed by atoms with E-state index in [1.54, 1.807) is 0 Å². The minimum atomic E-state index is 0. The zero-order chi connectivity index (χ0) is 13.9. The summed E-state index contributed by atoms with van der Waals surface area (Å²) in [5.74, 6) is 1.40. The number of nitrogens with one attached hydrogen (secondary N) is 1. The lowest BCUT2D eigenvalue weighted by Crippen LogP contribution is -2.36. The largest absolute Gasteiger partial charge is 0.383 e. The molecule has 1 fully saturated rings. The number of rotatable bonds is 4. The first-order valence-electron chi connectivity index (χ1n) is 7.17. The molecule has 0 amide bonds. The van der Waals surface area contributed by atoms with Crippen molar-refractivity contribution < 1.29 is 0 Å². The Bertz CT molecular complexity index is 604. The Labute approximate surface area is 131 Å². The minimum Gasteiger partial charge on any atom is -0.383 e. The number of hydrogen-bond acceptors (Lipinski definition) is 5. The molecular weight excluding hydrogens is 286 g/mol. The first kappa shape index (κ1) is 15.9. The molecule has 1 aliphatic rings. The van der Waals surface area contributed by atoms with Gasteiger partial charge in [0.05, 0.1) is 12.1 Å². The second kappa shape index (κ2) is 7.02. The molecule has 2 heterocycles. The van der Waals surface area contributed by atoms with Crippen LogP contribution in [0.4, 0.5) is 5.82 Å². The van der Waals surface area contributed by atoms with Crippen LogP contribution < -0.4 is 11.1 Å². The fraction of sp³-hybridized carbons (Fsp3) is 0.467. The van der Waals surface area contributed by atoms with Crippen molar-refractivity contribution >= 4 is 29.1 Å². The Balaban J connectivity index is 0.00000161. The van der Waals surface area contributed by atoms with Gasteiger partial charge in [-0.3, -0.25) is 4.90 Å². The number of fused-ring (bicyclic) bond motifs is 1. The van der Waals surface area contributed by atoms with E-state index < -0.39 is 0 Å². The van der Waals surface area contributed by atoms with E-state index in [0.29, 0.717) is 11.9 Å². The van der Waals surface area contributed by atoms with Gasteiger partial charge in [0.1, 0.15) is 11.6 Å². The quantitative estimate of drug-likeness (QED) is 0.902. The van der Waals surface area contributed by atoms with Crippen molar-refractivity contribution in [3.05, 3.63) is 30.1 Å². The molecule has 2 aromatic rings. The monoisotopic (exact) mass is 307 g/mol. The number of likely N-dealkylation sites (N-methyl/N-ethyl adjacent to an activating group) is 1. The second-order valence-electron chi connectivity index (χ2n) is 5.37. The van der Waals surface area contributed by atoms with Gasteiger partial charge in [-0.2, -0.15) is 0 Å². The maximum Gasteiger partial charge on any atom is 0.145 e. The number of halogens is 1. The zero-order valence-corrected chi connectivity index (χ0v) is 13.1. The summed E-state index contributed by atoms with van der Waals surface area (Å²) >= 11 is 0. The van der Waals surface area contributed by atoms with Crippen LogP contribution >= 0.6 is 12.4 Å². The average Bonchev–Trinajstić information content (AvgIpc) is 2.87. The van der Waals surface area contributed by atoms with Gasteiger partial charge in [0.15, 0.2) is 0 Å². The topological polar surface area (TPSA) is 67.1 Å². The van der Waals surface area contributed by atoms with Gasteiger partial charge in [-0.05, 0) is 38.6 Å². The normalized spacial score (nSPS) is 18.8. The maximum atomic E-state index is 6.04. The third kappa shape index (κ3) is 3.43. The number of nitrogen functional groups attached to an aromatic ring is 1. The molecular formula is C15H22ClN5. The number of benzene rings is 1. The summed E-state index contributed by atoms with van der Waals surface area (Å²) in [6, 6.07) is 8.49. The second-order valence-corrected chi connectivity index (χ2v) is 5.37. The average molecular weight is 308 g/mol. The SMILES string of the molecule is CNCC1CCCN1Cc1nc(N)c2ccccc2n1.Cl. The number of hydrogen-bond donors (Lipinski definition) is 2. The molecule has 0 aliphatic carbocycles. The van der Waals surface area contributed by atoms with Crippen LogP contribution in [-0.4, -0.2) is 41.0 Å². The maximum absolute atomic E-state index is 6.04. The van der Waals surface area contributed by atoms with Crippen molar-refractivity contribution in [2.75, 3.05) is 25.9 Å². The van der Waals surface area contributed by atoms with Crippen LogP contribution in [0.5, 0.6) is 0 Å². The standard InChI is InChI=1S/C15H21N5.ClH/c1-17-9-11-5-4-8-20(11)10-14-18-13-7-3-2-6-12(13)15(16)19-14;/h2-3,6-7,11,17H,4-5,8-10H2,1H3,(H2,16,18,19);1H. The van der Waals surface area contributed by atoms with Crippen molar-refractivity contribution in [3.8, 4) is 0 Å². The Morgan fingerprint density at radius 3 is 2.95 bits per heavy atom. The number of anilines is 1. The molecule has 1 aromatic heterocycles. The van der Waals surface area contributed by atoms with Gasteiger partial charge in [-0.1, -0.05) is 12.1 Å². The van der Waals surface area contributed by atoms with E-state index in [9.17, 15) is 0 Å². The Kier molecular flexibility index (Phi) is 5.33. The van der Waals surface area contributed by atoms with E-state index in [2.05, 4.69) is 20.2 Å². The molecule has 1 aliphatic heterocycles. The van der Waals surface area contributed by atoms with E-state index in [1.165, 1.54) is 12.8 Å². The number of para-hydroxylation sites is 1. The van der Waals surface area contributed by atoms with E-state index in [1.807, 2.05) is 31.3 Å². The smallest absolute Gasteiger partial charge is 0.145 e. The molecule has 114 valence electrons. The molecule has 5 nitrogen and oxygen atoms in total. The number of aromatic nitrogens is 2. The van der Waals surface area contributed by atoms with E-state index in [-0.39, 0.29) is 12.4 Å². The van der Waals surface area contributed by atoms with E-state index in [0.717, 1.165) is 36.4 Å². The lowest BCUT2D eigenvalue weighted by Gasteiger charge is -2.23. The molecule has 1 aromatic carbocycles. The van der Waals surface area contributed by atoms with Crippen LogP contribution in [0.2, 0.25) is 0 Å². The van der Waals surface area contributed by atoms with Crippen molar-refractivity contribution in [1.82, 2.24) is 20.2 Å². The summed E-state index contributed by atoms with van der Waals surface area (Å²) in [5, 5.41) is 4.19. The molecule has 1 saturated heterocycles. The fourth-order valence-electron chi connectivity index (χ4n) is 2.97. The van der Waals surface area contributed by atoms with Gasteiger partial charge in [0, 0.05) is 18.0 Å². The van der Waals surface area contributed by atoms with Crippen LogP contribution in [0, 0.1) is 0 Å². The van der Waals surface area contributed by atoms with Crippen molar-refractivity contribution in [2.45, 2.75) is 25.4 Å². The first-order chi connectivity index (χ1) is 9.78. The highest BCUT2D eigenvalue weighted by Crippen LogP contribution is 2.21. The third-order valence-electron chi connectivity index (χ3n) is 3.96. The molecule has 1 unspecified atom stereocenters. The predicted molar refractivity (Wildman–Crippen MR) is 88.6 cm³/mol. The summed E-state index contributed by atoms with van der Waals surface area (Å²) < 4.78 is 0. The summed E-state index contributed by atoms with van der Waals surface area (Å²) in [6.07, 6.45) is 2.49. The summed E-state index contributed by atoms with van der Waals surface area (Å²) in [7, 11) is 2.00. The Hall–Kier alpha value is -1.43. The zero-order valence-electron chi connectivity index (χ0n) is 12.2. The van der Waals surface area contributed by atoms with Gasteiger partial charge in [-0.25, -0.2) is 9.97 Å². The molecule has 1 atom stereocenters. The Morgan fingerprint density at radius 2 is 2.14 bits per heavy atom. The highest BCUT2D eigenvalue weighted by molar-refractivity contribution is 5.87. The lowest BCUT2D eigenvalue weighted by molar-refractivity contribution is 0.237. The highest BCUT2D eigenvalue weighted by Gasteiger charge is 2.24. The van der Waals surface area contributed by atoms with E-state index >= 15 is 0 Å². The molecule has 0 radical (unpaired) electrons. The number of nitrogens with two attached hydrogens (primary N) is 1. The molecule has 0 bridgehead atoms. The first-order valence-corrected chi connectivity index (χ1v) is 7.17. The number of likely N-dealkylation sites (tertiary alicyclic amines) is 1. The van der Waals surface area contributed by atoms with Crippen LogP contribution in [-0.2, 0) is 6.54 Å². The third-order valence-corrected chi connectivity index (χ3v) is 3.96. The molecule has 3 rings (SSSR count). The van der Waals surface area contributed by atoms with Crippen LogP contribution in [0.3, 0.4) is 0 Å². The predicted octanol–water partition coefficient (Wildman–Crippen LogP) is 1.82. The minimum absolute atomic E-state index is 0. The van der Waals surface area contributed by atoms with Crippen LogP contribution in [0.15, 0.2) is 24.3 Å². The van der Waals surface area contributed by atoms with Crippen molar-refractivity contribution in [1.29, 1.82) is 0 Å². The Morgan fingerprint density at radius 1 is 1.33 bits per heavy atom. The summed E-state index contributed by atoms with van der Waals surface area (Å²) in [6.45, 7) is 2.91. The van der Waals surface area contributed by atoms with Gasteiger partial charge in [-0.15, -0.1) is 12.4 Å². The number of nitrogens with zero attached hydrogens (tertiary/aromatic N) is 3. The van der Waals surface area contributed by atoms with E-state index in [4.69, 9.17) is 5.73 Å². The van der Waals surface area contributed by atoms with Crippen molar-refractivity contribution in [3.63, 3.8) is 0 Å². The van der Waals surface area contributed by atoms with Crippen LogP contribution in [0.1, 0.15) is 18.7 Å². The van der Waals surface area contributed by atoms with Gasteiger partial charge < -0.3 is 11.1 Å². The lowest BCUT2D eigenvalue weighted by atomic mass is 10.2. The molecule has 3 N–H and O–H groups in total. The van der Waals surface area contributed by atoms with Crippen LogP contribution in [0.25, 0.3) is 10.9 Å². The van der Waals surface area contributed by atoms with Gasteiger partial charge in [0.2, 0.25) is 0 Å². The summed E-state index contributed by atoms with van der Waals surface area (Å²) in [4.78, 5) is 11.5. The summed E-state index contributed by atoms with van der Waals surface area (Å²) in [5.41, 5.74) is 6.97. The highest BCUT2D eigenvalue weighted by atomic mass is 35.5. The fourth-order valence-corrected chi connectivity index (χ4v) is 2.97. The molecule has 6 heteroatoms.